The Morgan fingerprint density at radius 1 is 1.35 bits per heavy atom. The lowest BCUT2D eigenvalue weighted by molar-refractivity contribution is -0.147. The van der Waals surface area contributed by atoms with Gasteiger partial charge in [0.2, 0.25) is 0 Å². The minimum absolute atomic E-state index is 0.0908. The van der Waals surface area contributed by atoms with Crippen molar-refractivity contribution < 1.29 is 15.3 Å². The Morgan fingerprint density at radius 3 is 2.70 bits per heavy atom. The number of carboxylic acid groups (broad SMARTS) is 1. The van der Waals surface area contributed by atoms with E-state index in [1.165, 1.54) is 5.56 Å². The first-order chi connectivity index (χ1) is 9.59. The van der Waals surface area contributed by atoms with Crippen LogP contribution in [0.4, 0.5) is 0 Å². The maximum atomic E-state index is 11.0. The van der Waals surface area contributed by atoms with Crippen LogP contribution in [0.15, 0.2) is 41.6 Å². The highest BCUT2D eigenvalue weighted by molar-refractivity contribution is 6.39. The van der Waals surface area contributed by atoms with Crippen LogP contribution in [-0.2, 0) is 11.2 Å². The van der Waals surface area contributed by atoms with E-state index in [1.807, 2.05) is 18.2 Å². The Balaban J connectivity index is 2.06. The van der Waals surface area contributed by atoms with Gasteiger partial charge >= 0.3 is 5.97 Å². The van der Waals surface area contributed by atoms with Crippen molar-refractivity contribution >= 4 is 11.7 Å². The number of benzene rings is 1. The molecule has 0 amide bonds. The van der Waals surface area contributed by atoms with E-state index in [4.69, 9.17) is 16.2 Å². The first kappa shape index (κ1) is 14.3. The standard InChI is InChI=1S/C16H20N2O2/c17-14-12(10-9-11-5-2-1-3-6-11)7-4-8-13(14)15(18)16(19)20/h1-3,5-6,12,18H,4,7-10,17H2,(H,19,20)/p+1. The van der Waals surface area contributed by atoms with Crippen LogP contribution in [0.2, 0.25) is 0 Å². The molecule has 5 N–H and O–H groups in total. The molecular weight excluding hydrogens is 252 g/mol. The predicted molar refractivity (Wildman–Crippen MR) is 77.9 cm³/mol. The van der Waals surface area contributed by atoms with Crippen LogP contribution < -0.4 is 11.1 Å². The zero-order valence-corrected chi connectivity index (χ0v) is 11.5. The van der Waals surface area contributed by atoms with Crippen molar-refractivity contribution in [2.75, 3.05) is 0 Å². The van der Waals surface area contributed by atoms with Crippen molar-refractivity contribution in [3.05, 3.63) is 47.2 Å². The van der Waals surface area contributed by atoms with Crippen molar-refractivity contribution in [3.63, 3.8) is 0 Å². The second kappa shape index (κ2) is 6.37. The molecule has 0 fully saturated rings. The molecule has 1 aromatic rings. The molecule has 4 nitrogen and oxygen atoms in total. The average molecular weight is 273 g/mol. The fourth-order valence-electron chi connectivity index (χ4n) is 2.78. The summed E-state index contributed by atoms with van der Waals surface area (Å²) in [4.78, 5) is 11.0. The summed E-state index contributed by atoms with van der Waals surface area (Å²) in [7, 11) is 0. The van der Waals surface area contributed by atoms with E-state index < -0.39 is 5.97 Å². The average Bonchev–Trinajstić information content (AvgIpc) is 2.46. The predicted octanol–water partition coefficient (Wildman–Crippen LogP) is 0.917. The van der Waals surface area contributed by atoms with E-state index in [1.54, 1.807) is 0 Å². The zero-order valence-electron chi connectivity index (χ0n) is 11.5. The molecule has 1 unspecified atom stereocenters. The van der Waals surface area contributed by atoms with Gasteiger partial charge in [-0.25, -0.2) is 10.2 Å². The first-order valence-electron chi connectivity index (χ1n) is 6.98. The molecule has 0 spiro atoms. The fraction of sp³-hybridized carbons (Fsp3) is 0.375. The van der Waals surface area contributed by atoms with Gasteiger partial charge in [0.15, 0.2) is 0 Å². The van der Waals surface area contributed by atoms with Crippen LogP contribution in [0, 0.1) is 5.92 Å². The van der Waals surface area contributed by atoms with Crippen LogP contribution in [0.3, 0.4) is 0 Å². The molecule has 1 atom stereocenters. The molecule has 0 saturated carbocycles. The summed E-state index contributed by atoms with van der Waals surface area (Å²) in [5, 5.41) is 14.6. The first-order valence-corrected chi connectivity index (χ1v) is 6.98. The van der Waals surface area contributed by atoms with Crippen molar-refractivity contribution in [2.45, 2.75) is 32.1 Å². The second-order valence-electron chi connectivity index (χ2n) is 5.27. The summed E-state index contributed by atoms with van der Waals surface area (Å²) in [5.74, 6) is -0.844. The van der Waals surface area contributed by atoms with Gasteiger partial charge in [-0.1, -0.05) is 30.3 Å². The van der Waals surface area contributed by atoms with Gasteiger partial charge in [-0.15, -0.1) is 0 Å². The third-order valence-electron chi connectivity index (χ3n) is 3.95. The highest BCUT2D eigenvalue weighted by Gasteiger charge is 2.28. The molecule has 0 radical (unpaired) electrons. The van der Waals surface area contributed by atoms with Gasteiger partial charge < -0.3 is 10.8 Å². The molecule has 0 aromatic heterocycles. The van der Waals surface area contributed by atoms with Crippen molar-refractivity contribution in [3.8, 4) is 0 Å². The normalized spacial score (nSPS) is 18.9. The lowest BCUT2D eigenvalue weighted by atomic mass is 9.82. The number of carboxylic acids is 1. The van der Waals surface area contributed by atoms with Crippen LogP contribution in [0.1, 0.15) is 31.2 Å². The van der Waals surface area contributed by atoms with E-state index in [2.05, 4.69) is 12.1 Å². The topological polar surface area (TPSA) is 88.9 Å². The molecular formula is C16H21N2O2+. The lowest BCUT2D eigenvalue weighted by Gasteiger charge is -2.24. The van der Waals surface area contributed by atoms with Gasteiger partial charge in [0.1, 0.15) is 0 Å². The van der Waals surface area contributed by atoms with Crippen molar-refractivity contribution in [2.24, 2.45) is 11.7 Å². The van der Waals surface area contributed by atoms with Gasteiger partial charge in [-0.05, 0) is 43.6 Å². The molecule has 0 aliphatic heterocycles. The van der Waals surface area contributed by atoms with E-state index in [-0.39, 0.29) is 11.6 Å². The van der Waals surface area contributed by atoms with Gasteiger partial charge in [-0.3, -0.25) is 0 Å². The fourth-order valence-corrected chi connectivity index (χ4v) is 2.78. The van der Waals surface area contributed by atoms with Gasteiger partial charge in [-0.2, -0.15) is 0 Å². The van der Waals surface area contributed by atoms with Crippen molar-refractivity contribution in [1.29, 1.82) is 0 Å². The Hall–Kier alpha value is -2.10. The smallest absolute Gasteiger partial charge is 0.400 e. The number of hydrogen-bond acceptors (Lipinski definition) is 2. The SMILES string of the molecule is NC1=C(C(=[NH2+])C(=O)O)CCCC1CCc1ccccc1. The van der Waals surface area contributed by atoms with E-state index in [0.717, 1.165) is 25.7 Å². The molecule has 1 aliphatic carbocycles. The van der Waals surface area contributed by atoms with E-state index in [9.17, 15) is 4.79 Å². The molecule has 2 rings (SSSR count). The monoisotopic (exact) mass is 273 g/mol. The van der Waals surface area contributed by atoms with Crippen LogP contribution >= 0.6 is 0 Å². The second-order valence-corrected chi connectivity index (χ2v) is 5.27. The Morgan fingerprint density at radius 2 is 2.05 bits per heavy atom. The minimum Gasteiger partial charge on any atom is -0.473 e. The number of rotatable bonds is 5. The lowest BCUT2D eigenvalue weighted by Crippen LogP contribution is -2.47. The molecule has 1 aromatic carbocycles. The summed E-state index contributed by atoms with van der Waals surface area (Å²) in [5.41, 5.74) is 8.64. The number of allylic oxidation sites excluding steroid dienone is 1. The Kier molecular flexibility index (Phi) is 4.56. The highest BCUT2D eigenvalue weighted by atomic mass is 16.4. The minimum atomic E-state index is -1.08. The molecule has 4 heteroatoms. The van der Waals surface area contributed by atoms with Crippen LogP contribution in [-0.4, -0.2) is 16.8 Å². The van der Waals surface area contributed by atoms with E-state index >= 15 is 0 Å². The Bertz CT molecular complexity index is 535. The largest absolute Gasteiger partial charge is 0.473 e. The number of carbonyl (C=O) groups is 1. The van der Waals surface area contributed by atoms with Gasteiger partial charge in [0.05, 0.1) is 0 Å². The maximum absolute atomic E-state index is 11.0. The maximum Gasteiger partial charge on any atom is 0.400 e. The van der Waals surface area contributed by atoms with Gasteiger partial charge in [0, 0.05) is 11.3 Å². The molecule has 1 aliphatic rings. The number of nitrogens with two attached hydrogens (primary N) is 2. The number of aryl methyl sites for hydroxylation is 1. The molecule has 0 bridgehead atoms. The summed E-state index contributed by atoms with van der Waals surface area (Å²) in [6.07, 6.45) is 4.52. The summed E-state index contributed by atoms with van der Waals surface area (Å²) in [6.45, 7) is 0. The quantitative estimate of drug-likeness (QED) is 0.697. The van der Waals surface area contributed by atoms with E-state index in [0.29, 0.717) is 17.7 Å². The number of hydrogen-bond donors (Lipinski definition) is 3. The zero-order chi connectivity index (χ0) is 14.5. The van der Waals surface area contributed by atoms with Gasteiger partial charge in [0.25, 0.3) is 5.71 Å². The molecule has 0 heterocycles. The van der Waals surface area contributed by atoms with Crippen LogP contribution in [0.5, 0.6) is 0 Å². The molecule has 20 heavy (non-hydrogen) atoms. The summed E-state index contributed by atoms with van der Waals surface area (Å²) >= 11 is 0. The Labute approximate surface area is 118 Å². The summed E-state index contributed by atoms with van der Waals surface area (Å²) in [6, 6.07) is 10.2. The number of aliphatic carboxylic acids is 1. The molecule has 0 saturated heterocycles. The van der Waals surface area contributed by atoms with Crippen LogP contribution in [0.25, 0.3) is 0 Å². The highest BCUT2D eigenvalue weighted by Crippen LogP contribution is 2.30. The summed E-state index contributed by atoms with van der Waals surface area (Å²) < 4.78 is 0. The third-order valence-corrected chi connectivity index (χ3v) is 3.95. The van der Waals surface area contributed by atoms with Crippen molar-refractivity contribution in [1.82, 2.24) is 0 Å². The third kappa shape index (κ3) is 3.26. The molecule has 106 valence electrons.